The number of amides is 1. The second kappa shape index (κ2) is 10.5. The Balaban J connectivity index is 1.65. The van der Waals surface area contributed by atoms with Crippen LogP contribution in [0, 0.1) is 5.82 Å². The van der Waals surface area contributed by atoms with E-state index in [1.54, 1.807) is 19.1 Å². The number of unbranched alkanes of at least 4 members (excludes halogenated alkanes) is 1. The maximum Gasteiger partial charge on any atom is 0.322 e. The van der Waals surface area contributed by atoms with Crippen LogP contribution in [0.2, 0.25) is 0 Å². The van der Waals surface area contributed by atoms with Crippen molar-refractivity contribution in [3.8, 4) is 0 Å². The molecule has 3 aromatic rings. The molecule has 1 amide bonds. The normalized spacial score (nSPS) is 11.6. The van der Waals surface area contributed by atoms with Crippen LogP contribution in [0.25, 0.3) is 0 Å². The molecular weight excluding hydrogens is 435 g/mol. The lowest BCUT2D eigenvalue weighted by Crippen LogP contribution is -2.31. The molecule has 10 heteroatoms. The molecule has 1 heterocycles. The molecule has 0 atom stereocenters. The molecule has 170 valence electrons. The molecule has 3 rings (SSSR count). The summed E-state index contributed by atoms with van der Waals surface area (Å²) in [7, 11) is -3.62. The van der Waals surface area contributed by atoms with Crippen molar-refractivity contribution in [2.24, 2.45) is 0 Å². The van der Waals surface area contributed by atoms with E-state index in [1.807, 2.05) is 6.92 Å². The van der Waals surface area contributed by atoms with Crippen molar-refractivity contribution in [1.29, 1.82) is 0 Å². The summed E-state index contributed by atoms with van der Waals surface area (Å²) in [5, 5.41) is 10.2. The fourth-order valence-electron chi connectivity index (χ4n) is 3.03. The van der Waals surface area contributed by atoms with Crippen molar-refractivity contribution in [1.82, 2.24) is 14.5 Å². The number of carbonyl (C=O) groups excluding carboxylic acids is 1. The Morgan fingerprint density at radius 1 is 1.06 bits per heavy atom. The van der Waals surface area contributed by atoms with Crippen LogP contribution < -0.4 is 5.32 Å². The third kappa shape index (κ3) is 5.77. The molecule has 0 radical (unpaired) electrons. The minimum Gasteiger partial charge on any atom is -0.407 e. The van der Waals surface area contributed by atoms with E-state index in [9.17, 15) is 17.6 Å². The minimum atomic E-state index is -3.62. The van der Waals surface area contributed by atoms with Gasteiger partial charge in [-0.2, -0.15) is 4.31 Å². The van der Waals surface area contributed by atoms with Crippen LogP contribution in [-0.2, 0) is 16.4 Å². The number of carbonyl (C=O) groups is 1. The number of sulfonamides is 1. The fraction of sp³-hybridized carbons (Fsp3) is 0.318. The highest BCUT2D eigenvalue weighted by Crippen LogP contribution is 2.18. The number of nitrogens with zero attached hydrogens (tertiary/aromatic N) is 3. The maximum atomic E-state index is 13.0. The maximum absolute atomic E-state index is 13.0. The molecule has 0 aliphatic heterocycles. The van der Waals surface area contributed by atoms with Gasteiger partial charge in [0.15, 0.2) is 0 Å². The molecule has 8 nitrogen and oxygen atoms in total. The highest BCUT2D eigenvalue weighted by atomic mass is 32.2. The van der Waals surface area contributed by atoms with Gasteiger partial charge < -0.3 is 4.42 Å². The smallest absolute Gasteiger partial charge is 0.322 e. The van der Waals surface area contributed by atoms with Gasteiger partial charge in [0.2, 0.25) is 15.9 Å². The highest BCUT2D eigenvalue weighted by Gasteiger charge is 2.23. The summed E-state index contributed by atoms with van der Waals surface area (Å²) < 4.78 is 45.4. The number of hydrogen-bond acceptors (Lipinski definition) is 6. The topological polar surface area (TPSA) is 105 Å². The second-order valence-corrected chi connectivity index (χ2v) is 9.07. The number of anilines is 1. The number of rotatable bonds is 10. The second-order valence-electron chi connectivity index (χ2n) is 7.13. The lowest BCUT2D eigenvalue weighted by molar-refractivity contribution is 0.102. The Kier molecular flexibility index (Phi) is 7.70. The van der Waals surface area contributed by atoms with Crippen LogP contribution in [0.3, 0.4) is 0 Å². The van der Waals surface area contributed by atoms with Gasteiger partial charge in [-0.3, -0.25) is 10.1 Å². The standard InChI is InChI=1S/C22H25FN4O4S/c1-3-5-14-27(4-2)32(29,30)19-12-8-17(9-13-19)21(28)24-22-26-25-20(31-22)15-16-6-10-18(23)11-7-16/h6-13H,3-5,14-15H2,1-2H3,(H,24,26,28). The van der Waals surface area contributed by atoms with Crippen LogP contribution in [0.4, 0.5) is 10.4 Å². The zero-order valence-corrected chi connectivity index (χ0v) is 18.7. The van der Waals surface area contributed by atoms with E-state index in [2.05, 4.69) is 15.5 Å². The van der Waals surface area contributed by atoms with E-state index in [-0.39, 0.29) is 28.2 Å². The van der Waals surface area contributed by atoms with Crippen LogP contribution in [-0.4, -0.2) is 41.9 Å². The van der Waals surface area contributed by atoms with Gasteiger partial charge in [0.25, 0.3) is 5.91 Å². The van der Waals surface area contributed by atoms with E-state index >= 15 is 0 Å². The van der Waals surface area contributed by atoms with Crippen LogP contribution in [0.1, 0.15) is 48.5 Å². The van der Waals surface area contributed by atoms with Crippen LogP contribution in [0.5, 0.6) is 0 Å². The molecule has 0 aliphatic rings. The molecular formula is C22H25FN4O4S. The average molecular weight is 461 g/mol. The van der Waals surface area contributed by atoms with Crippen molar-refractivity contribution in [2.45, 2.75) is 38.0 Å². The van der Waals surface area contributed by atoms with Gasteiger partial charge in [-0.1, -0.05) is 37.5 Å². The van der Waals surface area contributed by atoms with Crippen molar-refractivity contribution >= 4 is 21.9 Å². The van der Waals surface area contributed by atoms with Gasteiger partial charge in [-0.05, 0) is 48.4 Å². The van der Waals surface area contributed by atoms with Crippen molar-refractivity contribution < 1.29 is 22.0 Å². The number of halogens is 1. The Morgan fingerprint density at radius 2 is 1.75 bits per heavy atom. The monoisotopic (exact) mass is 460 g/mol. The first-order chi connectivity index (χ1) is 15.3. The zero-order chi connectivity index (χ0) is 23.1. The largest absolute Gasteiger partial charge is 0.407 e. The van der Waals surface area contributed by atoms with Gasteiger partial charge in [-0.25, -0.2) is 12.8 Å². The third-order valence-electron chi connectivity index (χ3n) is 4.82. The molecule has 32 heavy (non-hydrogen) atoms. The Hall–Kier alpha value is -3.11. The predicted molar refractivity (Wildman–Crippen MR) is 117 cm³/mol. The van der Waals surface area contributed by atoms with Gasteiger partial charge in [-0.15, -0.1) is 5.10 Å². The van der Waals surface area contributed by atoms with Gasteiger partial charge in [0.1, 0.15) is 5.82 Å². The van der Waals surface area contributed by atoms with Gasteiger partial charge in [0, 0.05) is 18.7 Å². The summed E-state index contributed by atoms with van der Waals surface area (Å²) in [6, 6.07) is 11.5. The molecule has 0 saturated heterocycles. The van der Waals surface area contributed by atoms with Crippen molar-refractivity contribution in [3.63, 3.8) is 0 Å². The molecule has 0 unspecified atom stereocenters. The number of benzene rings is 2. The Labute approximate surface area is 186 Å². The quantitative estimate of drug-likeness (QED) is 0.493. The lowest BCUT2D eigenvalue weighted by atomic mass is 10.1. The van der Waals surface area contributed by atoms with Crippen molar-refractivity contribution in [2.75, 3.05) is 18.4 Å². The Bertz CT molecular complexity index is 1150. The summed E-state index contributed by atoms with van der Waals surface area (Å²) in [4.78, 5) is 12.6. The first-order valence-corrected chi connectivity index (χ1v) is 11.8. The molecule has 1 aromatic heterocycles. The summed E-state index contributed by atoms with van der Waals surface area (Å²) >= 11 is 0. The summed E-state index contributed by atoms with van der Waals surface area (Å²) in [5.41, 5.74) is 1.03. The summed E-state index contributed by atoms with van der Waals surface area (Å²) in [6.45, 7) is 4.63. The zero-order valence-electron chi connectivity index (χ0n) is 17.9. The predicted octanol–water partition coefficient (Wildman–Crippen LogP) is 3.86. The molecule has 0 saturated carbocycles. The van der Waals surface area contributed by atoms with Gasteiger partial charge >= 0.3 is 6.01 Å². The van der Waals surface area contributed by atoms with E-state index in [1.165, 1.54) is 40.7 Å². The lowest BCUT2D eigenvalue weighted by Gasteiger charge is -2.20. The molecule has 0 fully saturated rings. The van der Waals surface area contributed by atoms with Gasteiger partial charge in [0.05, 0.1) is 11.3 Å². The van der Waals surface area contributed by atoms with Crippen LogP contribution in [0.15, 0.2) is 57.8 Å². The van der Waals surface area contributed by atoms with E-state index < -0.39 is 15.9 Å². The fourth-order valence-corrected chi connectivity index (χ4v) is 4.52. The molecule has 0 bridgehead atoms. The molecule has 0 aliphatic carbocycles. The number of hydrogen-bond donors (Lipinski definition) is 1. The van der Waals surface area contributed by atoms with Crippen LogP contribution >= 0.6 is 0 Å². The number of aromatic nitrogens is 2. The number of nitrogens with one attached hydrogen (secondary N) is 1. The minimum absolute atomic E-state index is 0.0828. The van der Waals surface area contributed by atoms with E-state index in [0.717, 1.165) is 18.4 Å². The Morgan fingerprint density at radius 3 is 2.38 bits per heavy atom. The first-order valence-electron chi connectivity index (χ1n) is 10.3. The summed E-state index contributed by atoms with van der Waals surface area (Å²) in [5.74, 6) is -0.584. The van der Waals surface area contributed by atoms with E-state index in [4.69, 9.17) is 4.42 Å². The molecule has 0 spiro atoms. The summed E-state index contributed by atoms with van der Waals surface area (Å²) in [6.07, 6.45) is 1.97. The molecule has 2 aromatic carbocycles. The third-order valence-corrected chi connectivity index (χ3v) is 6.81. The van der Waals surface area contributed by atoms with Crippen molar-refractivity contribution in [3.05, 3.63) is 71.4 Å². The SMILES string of the molecule is CCCCN(CC)S(=O)(=O)c1ccc(C(=O)Nc2nnc(Cc3ccc(F)cc3)o2)cc1. The average Bonchev–Trinajstić information content (AvgIpc) is 3.22. The van der Waals surface area contributed by atoms with E-state index in [0.29, 0.717) is 19.5 Å². The molecule has 1 N–H and O–H groups in total. The first kappa shape index (κ1) is 23.6. The highest BCUT2D eigenvalue weighted by molar-refractivity contribution is 7.89.